The number of aromatic amines is 1. The third kappa shape index (κ3) is 3.83. The van der Waals surface area contributed by atoms with Crippen molar-refractivity contribution in [2.75, 3.05) is 13.1 Å². The fourth-order valence-corrected chi connectivity index (χ4v) is 3.93. The molecule has 0 spiro atoms. The van der Waals surface area contributed by atoms with Crippen LogP contribution in [0.4, 0.5) is 0 Å². The number of H-pyrrole nitrogens is 1. The van der Waals surface area contributed by atoms with Gasteiger partial charge in [0.05, 0.1) is 24.0 Å². The summed E-state index contributed by atoms with van der Waals surface area (Å²) in [6, 6.07) is 5.96. The van der Waals surface area contributed by atoms with Gasteiger partial charge in [0.1, 0.15) is 5.82 Å². The molecule has 1 amide bonds. The zero-order valence-electron chi connectivity index (χ0n) is 16.2. The maximum atomic E-state index is 12.9. The van der Waals surface area contributed by atoms with Gasteiger partial charge in [-0.1, -0.05) is 19.4 Å². The van der Waals surface area contributed by atoms with Crippen LogP contribution in [0.5, 0.6) is 0 Å². The van der Waals surface area contributed by atoms with Crippen molar-refractivity contribution in [3.63, 3.8) is 0 Å². The van der Waals surface area contributed by atoms with Crippen LogP contribution in [0.15, 0.2) is 43.0 Å². The molecule has 7 heteroatoms. The topological polar surface area (TPSA) is 79.7 Å². The van der Waals surface area contributed by atoms with E-state index in [1.807, 2.05) is 41.7 Å². The van der Waals surface area contributed by atoms with Gasteiger partial charge in [0.25, 0.3) is 5.91 Å². The second-order valence-electron chi connectivity index (χ2n) is 7.31. The van der Waals surface area contributed by atoms with Gasteiger partial charge in [-0.25, -0.2) is 4.98 Å². The highest BCUT2D eigenvalue weighted by molar-refractivity contribution is 5.95. The number of nitrogens with one attached hydrogen (secondary N) is 1. The minimum Gasteiger partial charge on any atom is -0.338 e. The Morgan fingerprint density at radius 2 is 2.07 bits per heavy atom. The molecule has 0 radical (unpaired) electrons. The number of pyridine rings is 1. The molecule has 4 rings (SSSR count). The minimum absolute atomic E-state index is 0.0903. The maximum absolute atomic E-state index is 12.9. The van der Waals surface area contributed by atoms with Crippen molar-refractivity contribution in [3.05, 3.63) is 65.8 Å². The molecule has 146 valence electrons. The summed E-state index contributed by atoms with van der Waals surface area (Å²) < 4.78 is 2.18. The maximum Gasteiger partial charge on any atom is 0.257 e. The average molecular weight is 378 g/mol. The lowest BCUT2D eigenvalue weighted by molar-refractivity contribution is 0.0709. The summed E-state index contributed by atoms with van der Waals surface area (Å²) >= 11 is 0. The molecule has 28 heavy (non-hydrogen) atoms. The van der Waals surface area contributed by atoms with E-state index in [0.29, 0.717) is 5.92 Å². The molecule has 1 saturated heterocycles. The molecule has 1 fully saturated rings. The Morgan fingerprint density at radius 3 is 2.82 bits per heavy atom. The van der Waals surface area contributed by atoms with Crippen LogP contribution in [0.2, 0.25) is 0 Å². The SMILES string of the molecule is CCCc1[nH]ncc1C(=O)N1CCC(c2nccn2Cc2ccccn2)CC1. The number of aryl methyl sites for hydroxylation is 1. The van der Waals surface area contributed by atoms with Gasteiger partial charge in [0, 0.05) is 43.3 Å². The average Bonchev–Trinajstić information content (AvgIpc) is 3.38. The van der Waals surface area contributed by atoms with Gasteiger partial charge in [0.15, 0.2) is 0 Å². The number of rotatable bonds is 6. The van der Waals surface area contributed by atoms with E-state index < -0.39 is 0 Å². The highest BCUT2D eigenvalue weighted by Crippen LogP contribution is 2.28. The number of hydrogen-bond acceptors (Lipinski definition) is 4. The summed E-state index contributed by atoms with van der Waals surface area (Å²) in [5.41, 5.74) is 2.69. The molecule has 0 bridgehead atoms. The fraction of sp³-hybridized carbons (Fsp3) is 0.429. The van der Waals surface area contributed by atoms with Gasteiger partial charge in [-0.05, 0) is 31.4 Å². The van der Waals surface area contributed by atoms with Crippen LogP contribution < -0.4 is 0 Å². The molecule has 0 unspecified atom stereocenters. The summed E-state index contributed by atoms with van der Waals surface area (Å²) in [6.07, 6.45) is 11.0. The molecular formula is C21H26N6O. The summed E-state index contributed by atoms with van der Waals surface area (Å²) in [7, 11) is 0. The number of imidazole rings is 1. The van der Waals surface area contributed by atoms with E-state index >= 15 is 0 Å². The molecular weight excluding hydrogens is 352 g/mol. The highest BCUT2D eigenvalue weighted by atomic mass is 16.2. The number of nitrogens with zero attached hydrogens (tertiary/aromatic N) is 5. The molecule has 0 aliphatic carbocycles. The van der Waals surface area contributed by atoms with Crippen LogP contribution in [-0.2, 0) is 13.0 Å². The Balaban J connectivity index is 1.40. The first-order valence-electron chi connectivity index (χ1n) is 9.98. The third-order valence-electron chi connectivity index (χ3n) is 5.40. The number of piperidine rings is 1. The summed E-state index contributed by atoms with van der Waals surface area (Å²) in [4.78, 5) is 23.9. The number of aromatic nitrogens is 5. The van der Waals surface area contributed by atoms with E-state index in [1.165, 1.54) is 0 Å². The van der Waals surface area contributed by atoms with Crippen molar-refractivity contribution in [1.82, 2.24) is 29.6 Å². The summed E-state index contributed by atoms with van der Waals surface area (Å²) in [5, 5.41) is 7.04. The normalized spacial score (nSPS) is 15.1. The molecule has 7 nitrogen and oxygen atoms in total. The van der Waals surface area contributed by atoms with Crippen LogP contribution in [0.3, 0.4) is 0 Å². The van der Waals surface area contributed by atoms with E-state index in [1.54, 1.807) is 6.20 Å². The number of hydrogen-bond donors (Lipinski definition) is 1. The number of carbonyl (C=O) groups is 1. The first-order valence-corrected chi connectivity index (χ1v) is 9.98. The van der Waals surface area contributed by atoms with Crippen LogP contribution in [0, 0.1) is 0 Å². The van der Waals surface area contributed by atoms with Crippen molar-refractivity contribution in [1.29, 1.82) is 0 Å². The fourth-order valence-electron chi connectivity index (χ4n) is 3.93. The third-order valence-corrected chi connectivity index (χ3v) is 5.40. The smallest absolute Gasteiger partial charge is 0.257 e. The summed E-state index contributed by atoms with van der Waals surface area (Å²) in [5.74, 6) is 1.54. The number of amides is 1. The highest BCUT2D eigenvalue weighted by Gasteiger charge is 2.28. The zero-order chi connectivity index (χ0) is 19.3. The Morgan fingerprint density at radius 1 is 1.21 bits per heavy atom. The lowest BCUT2D eigenvalue weighted by Crippen LogP contribution is -2.38. The summed E-state index contributed by atoms with van der Waals surface area (Å²) in [6.45, 7) is 4.33. The second-order valence-corrected chi connectivity index (χ2v) is 7.31. The Labute approximate surface area is 164 Å². The first kappa shape index (κ1) is 18.4. The Kier molecular flexibility index (Phi) is 5.50. The van der Waals surface area contributed by atoms with Gasteiger partial charge in [-0.15, -0.1) is 0 Å². The van der Waals surface area contributed by atoms with Gasteiger partial charge in [0.2, 0.25) is 0 Å². The Hall–Kier alpha value is -2.96. The van der Waals surface area contributed by atoms with Crippen LogP contribution in [0.25, 0.3) is 0 Å². The molecule has 1 aliphatic heterocycles. The van der Waals surface area contributed by atoms with Crippen LogP contribution in [0.1, 0.15) is 59.7 Å². The van der Waals surface area contributed by atoms with E-state index in [0.717, 1.165) is 68.1 Å². The van der Waals surface area contributed by atoms with Gasteiger partial charge in [-0.3, -0.25) is 14.9 Å². The molecule has 1 aliphatic rings. The van der Waals surface area contributed by atoms with Crippen molar-refractivity contribution in [2.45, 2.75) is 45.1 Å². The number of carbonyl (C=O) groups excluding carboxylic acids is 1. The van der Waals surface area contributed by atoms with Crippen molar-refractivity contribution >= 4 is 5.91 Å². The minimum atomic E-state index is 0.0903. The monoisotopic (exact) mass is 378 g/mol. The van der Waals surface area contributed by atoms with E-state index in [-0.39, 0.29) is 5.91 Å². The first-order chi connectivity index (χ1) is 13.8. The molecule has 3 aromatic rings. The van der Waals surface area contributed by atoms with E-state index in [9.17, 15) is 4.79 Å². The molecule has 0 saturated carbocycles. The van der Waals surface area contributed by atoms with Crippen LogP contribution >= 0.6 is 0 Å². The largest absolute Gasteiger partial charge is 0.338 e. The van der Waals surface area contributed by atoms with Gasteiger partial charge in [-0.2, -0.15) is 5.10 Å². The quantitative estimate of drug-likeness (QED) is 0.715. The molecule has 0 atom stereocenters. The van der Waals surface area contributed by atoms with Crippen molar-refractivity contribution in [3.8, 4) is 0 Å². The standard InChI is InChI=1S/C21H26N6O/c1-2-5-19-18(14-24-25-19)21(28)26-11-7-16(8-12-26)20-23-10-13-27(20)15-17-6-3-4-9-22-17/h3-4,6,9-10,13-14,16H,2,5,7-8,11-12,15H2,1H3,(H,24,25). The second kappa shape index (κ2) is 8.37. The predicted octanol–water partition coefficient (Wildman–Crippen LogP) is 3.02. The molecule has 0 aromatic carbocycles. The zero-order valence-corrected chi connectivity index (χ0v) is 16.2. The number of likely N-dealkylation sites (tertiary alicyclic amines) is 1. The lowest BCUT2D eigenvalue weighted by atomic mass is 9.95. The van der Waals surface area contributed by atoms with Crippen LogP contribution in [-0.4, -0.2) is 48.6 Å². The molecule has 1 N–H and O–H groups in total. The molecule has 3 aromatic heterocycles. The molecule has 4 heterocycles. The van der Waals surface area contributed by atoms with E-state index in [2.05, 4.69) is 31.7 Å². The van der Waals surface area contributed by atoms with Crippen molar-refractivity contribution in [2.24, 2.45) is 0 Å². The van der Waals surface area contributed by atoms with Gasteiger partial charge >= 0.3 is 0 Å². The Bertz CT molecular complexity index is 908. The predicted molar refractivity (Wildman–Crippen MR) is 106 cm³/mol. The van der Waals surface area contributed by atoms with Gasteiger partial charge < -0.3 is 9.47 Å². The lowest BCUT2D eigenvalue weighted by Gasteiger charge is -2.32. The van der Waals surface area contributed by atoms with E-state index in [4.69, 9.17) is 0 Å². The van der Waals surface area contributed by atoms with Crippen molar-refractivity contribution < 1.29 is 4.79 Å².